The maximum atomic E-state index is 16.0. The van der Waals surface area contributed by atoms with Gasteiger partial charge in [0.25, 0.3) is 17.7 Å². The number of pyridine rings is 1. The Morgan fingerprint density at radius 1 is 0.803 bits per heavy atom. The number of anilines is 3. The van der Waals surface area contributed by atoms with Gasteiger partial charge in [0.2, 0.25) is 11.8 Å². The number of piperazine rings is 1. The number of fused-ring (bicyclic) bond motifs is 1. The second kappa shape index (κ2) is 15.1. The highest BCUT2D eigenvalue weighted by molar-refractivity contribution is 6.23. The number of likely N-dealkylation sites (tertiary alicyclic amines) is 1. The van der Waals surface area contributed by atoms with Crippen molar-refractivity contribution >= 4 is 46.6 Å². The highest BCUT2D eigenvalue weighted by Gasteiger charge is 2.48. The highest BCUT2D eigenvalue weighted by Crippen LogP contribution is 2.43. The van der Waals surface area contributed by atoms with Gasteiger partial charge in [-0.15, -0.1) is 0 Å². The van der Waals surface area contributed by atoms with Crippen LogP contribution in [0.1, 0.15) is 74.4 Å². The van der Waals surface area contributed by atoms with Gasteiger partial charge in [-0.1, -0.05) is 0 Å². The summed E-state index contributed by atoms with van der Waals surface area (Å²) in [7, 11) is 0. The first-order valence-electron chi connectivity index (χ1n) is 20.5. The van der Waals surface area contributed by atoms with Gasteiger partial charge in [0.1, 0.15) is 12.1 Å². The third-order valence-corrected chi connectivity index (χ3v) is 13.3. The van der Waals surface area contributed by atoms with Gasteiger partial charge in [0.15, 0.2) is 11.4 Å². The van der Waals surface area contributed by atoms with E-state index in [9.17, 15) is 37.1 Å². The fourth-order valence-electron chi connectivity index (χ4n) is 9.82. The smallest absolute Gasteiger partial charge is 0.370 e. The van der Waals surface area contributed by atoms with Crippen LogP contribution in [0.3, 0.4) is 0 Å². The van der Waals surface area contributed by atoms with Crippen LogP contribution in [-0.2, 0) is 15.8 Å². The Morgan fingerprint density at radius 3 is 2.15 bits per heavy atom. The van der Waals surface area contributed by atoms with Crippen LogP contribution in [0.5, 0.6) is 0 Å². The van der Waals surface area contributed by atoms with Crippen molar-refractivity contribution in [3.05, 3.63) is 82.7 Å². The lowest BCUT2D eigenvalue weighted by molar-refractivity contribution is -0.138. The van der Waals surface area contributed by atoms with E-state index in [0.717, 1.165) is 35.9 Å². The molecular formula is C43H43F4N9O5. The molecule has 2 aromatic carbocycles. The van der Waals surface area contributed by atoms with Gasteiger partial charge in [0.05, 0.1) is 41.7 Å². The molecule has 0 aliphatic carbocycles. The molecule has 14 nitrogen and oxygen atoms in total. The monoisotopic (exact) mass is 841 g/mol. The first-order valence-corrected chi connectivity index (χ1v) is 20.5. The Kier molecular flexibility index (Phi) is 9.99. The zero-order valence-electron chi connectivity index (χ0n) is 33.2. The van der Waals surface area contributed by atoms with Crippen molar-refractivity contribution in [3.8, 4) is 6.07 Å². The predicted molar refractivity (Wildman–Crippen MR) is 213 cm³/mol. The molecule has 5 saturated heterocycles. The van der Waals surface area contributed by atoms with E-state index in [1.165, 1.54) is 18.3 Å². The van der Waals surface area contributed by atoms with Crippen molar-refractivity contribution in [2.45, 2.75) is 50.0 Å². The molecule has 0 bridgehead atoms. The Bertz CT molecular complexity index is 2350. The molecule has 7 heterocycles. The number of rotatable bonds is 7. The summed E-state index contributed by atoms with van der Waals surface area (Å²) in [6.07, 6.45) is -0.989. The van der Waals surface area contributed by atoms with Crippen molar-refractivity contribution in [1.82, 2.24) is 25.0 Å². The Morgan fingerprint density at radius 2 is 1.48 bits per heavy atom. The molecule has 1 spiro atoms. The molecule has 9 rings (SSSR count). The summed E-state index contributed by atoms with van der Waals surface area (Å²) in [5.74, 6) is -2.37. The Labute approximate surface area is 348 Å². The number of benzene rings is 2. The lowest BCUT2D eigenvalue weighted by Crippen LogP contribution is -2.65. The SMILES string of the molecule is N#Cc1ncc(N2CCC3(CCN(C(=O)c4ccc(N5CCN(CC6(F)CN(c7ccc8c(c7)C(=O)N(C7CCC(=O)NC7=O)C8=O)C6)CC5)cc4)CC3)C2)cc1C(F)(F)F. The number of carbonyl (C=O) groups excluding carboxylic acids is 5. The van der Waals surface area contributed by atoms with Gasteiger partial charge in [-0.05, 0) is 79.6 Å². The van der Waals surface area contributed by atoms with E-state index < -0.39 is 52.8 Å². The number of hydrogen-bond acceptors (Lipinski definition) is 11. The van der Waals surface area contributed by atoms with Crippen LogP contribution in [0.25, 0.3) is 0 Å². The van der Waals surface area contributed by atoms with Crippen LogP contribution >= 0.6 is 0 Å². The number of nitrogens with zero attached hydrogens (tertiary/aromatic N) is 8. The molecule has 5 amide bonds. The summed E-state index contributed by atoms with van der Waals surface area (Å²) in [4.78, 5) is 78.4. The quantitative estimate of drug-likeness (QED) is 0.273. The number of aromatic nitrogens is 1. The molecule has 1 unspecified atom stereocenters. The second-order valence-corrected chi connectivity index (χ2v) is 17.2. The molecule has 6 aliphatic heterocycles. The van der Waals surface area contributed by atoms with E-state index in [1.54, 1.807) is 12.1 Å². The summed E-state index contributed by atoms with van der Waals surface area (Å²) < 4.78 is 56.6. The maximum absolute atomic E-state index is 16.0. The number of nitriles is 1. The van der Waals surface area contributed by atoms with E-state index in [2.05, 4.69) is 20.1 Å². The van der Waals surface area contributed by atoms with Gasteiger partial charge in [-0.25, -0.2) is 9.37 Å². The molecule has 0 radical (unpaired) electrons. The third kappa shape index (κ3) is 7.53. The van der Waals surface area contributed by atoms with Crippen molar-refractivity contribution in [2.75, 3.05) is 86.7 Å². The minimum absolute atomic E-state index is 0.0326. The summed E-state index contributed by atoms with van der Waals surface area (Å²) in [6.45, 7) is 5.38. The molecule has 61 heavy (non-hydrogen) atoms. The number of imide groups is 2. The molecule has 1 atom stereocenters. The van der Waals surface area contributed by atoms with Gasteiger partial charge < -0.3 is 19.6 Å². The van der Waals surface area contributed by atoms with E-state index in [1.807, 2.05) is 39.0 Å². The van der Waals surface area contributed by atoms with Crippen LogP contribution in [0, 0.1) is 16.7 Å². The Balaban J connectivity index is 0.730. The fourth-order valence-corrected chi connectivity index (χ4v) is 9.82. The number of hydrogen-bond donors (Lipinski definition) is 1. The lowest BCUT2D eigenvalue weighted by atomic mass is 9.77. The number of halogens is 4. The summed E-state index contributed by atoms with van der Waals surface area (Å²) >= 11 is 0. The minimum atomic E-state index is -4.68. The zero-order chi connectivity index (χ0) is 42.8. The van der Waals surface area contributed by atoms with E-state index in [0.29, 0.717) is 69.3 Å². The number of carbonyl (C=O) groups is 5. The fraction of sp³-hybridized carbons (Fsp3) is 0.465. The first-order chi connectivity index (χ1) is 29.1. The predicted octanol–water partition coefficient (Wildman–Crippen LogP) is 3.86. The van der Waals surface area contributed by atoms with Crippen LogP contribution in [0.15, 0.2) is 54.7 Å². The number of alkyl halides is 4. The van der Waals surface area contributed by atoms with Gasteiger partial charge in [-0.2, -0.15) is 18.4 Å². The second-order valence-electron chi connectivity index (χ2n) is 17.2. The van der Waals surface area contributed by atoms with Gasteiger partial charge in [-0.3, -0.25) is 39.1 Å². The Hall–Kier alpha value is -6.09. The molecule has 1 N–H and O–H groups in total. The summed E-state index contributed by atoms with van der Waals surface area (Å²) in [6, 6.07) is 13.8. The molecule has 5 fully saturated rings. The largest absolute Gasteiger partial charge is 0.419 e. The lowest BCUT2D eigenvalue weighted by Gasteiger charge is -2.49. The van der Waals surface area contributed by atoms with E-state index in [-0.39, 0.29) is 54.9 Å². The summed E-state index contributed by atoms with van der Waals surface area (Å²) in [5, 5.41) is 11.3. The van der Waals surface area contributed by atoms with E-state index >= 15 is 4.39 Å². The minimum Gasteiger partial charge on any atom is -0.370 e. The topological polar surface area (TPSA) is 154 Å². The van der Waals surface area contributed by atoms with Crippen LogP contribution in [0.2, 0.25) is 0 Å². The average molecular weight is 842 g/mol. The summed E-state index contributed by atoms with van der Waals surface area (Å²) in [5.41, 5.74) is -0.411. The van der Waals surface area contributed by atoms with Crippen LogP contribution < -0.4 is 20.0 Å². The van der Waals surface area contributed by atoms with Crippen LogP contribution in [-0.4, -0.2) is 133 Å². The van der Waals surface area contributed by atoms with Crippen molar-refractivity contribution < 1.29 is 41.5 Å². The molecule has 6 aliphatic rings. The van der Waals surface area contributed by atoms with E-state index in [4.69, 9.17) is 5.26 Å². The molecule has 18 heteroatoms. The molecule has 3 aromatic rings. The van der Waals surface area contributed by atoms with Crippen molar-refractivity contribution in [3.63, 3.8) is 0 Å². The molecular weight excluding hydrogens is 799 g/mol. The maximum Gasteiger partial charge on any atom is 0.419 e. The first kappa shape index (κ1) is 40.3. The molecule has 1 aromatic heterocycles. The van der Waals surface area contributed by atoms with Crippen molar-refractivity contribution in [2.24, 2.45) is 5.41 Å². The average Bonchev–Trinajstić information content (AvgIpc) is 3.76. The van der Waals surface area contributed by atoms with Gasteiger partial charge >= 0.3 is 6.18 Å². The zero-order valence-corrected chi connectivity index (χ0v) is 33.2. The molecule has 0 saturated carbocycles. The van der Waals surface area contributed by atoms with Gasteiger partial charge in [0, 0.05) is 82.3 Å². The highest BCUT2D eigenvalue weighted by atomic mass is 19.4. The third-order valence-electron chi connectivity index (χ3n) is 13.3. The number of amides is 5. The number of piperidine rings is 2. The number of nitrogens with one attached hydrogen (secondary N) is 1. The normalized spacial score (nSPS) is 22.7. The van der Waals surface area contributed by atoms with Crippen LogP contribution in [0.4, 0.5) is 34.6 Å². The van der Waals surface area contributed by atoms with Crippen molar-refractivity contribution in [1.29, 1.82) is 5.26 Å². The molecule has 318 valence electrons. The standard InChI is InChI=1S/C43H43F4N9O5/c44-42(25-55(26-42)29-5-6-31-32(19-29)40(61)56(39(31)60)35-7-8-36(57)50-37(35)58)24-51-15-17-52(18-16-51)28-3-1-27(2-4-28)38(59)53-12-9-41(10-13-53)11-14-54(23-41)30-20-33(43(45,46)47)34(21-48)49-22-30/h1-6,19-20,22,35H,7-18,23-26H2,(H,50,57,58).